The van der Waals surface area contributed by atoms with Crippen LogP contribution in [0.4, 0.5) is 18.9 Å². The zero-order valence-electron chi connectivity index (χ0n) is 12.3. The van der Waals surface area contributed by atoms with Gasteiger partial charge in [-0.25, -0.2) is 0 Å². The first-order valence-corrected chi connectivity index (χ1v) is 7.14. The summed E-state index contributed by atoms with van der Waals surface area (Å²) in [4.78, 5) is 14.1. The van der Waals surface area contributed by atoms with Gasteiger partial charge < -0.3 is 15.4 Å². The van der Waals surface area contributed by atoms with E-state index >= 15 is 0 Å². The Labute approximate surface area is 127 Å². The van der Waals surface area contributed by atoms with Crippen LogP contribution in [0.5, 0.6) is 5.75 Å². The lowest BCUT2D eigenvalue weighted by atomic mass is 9.99. The lowest BCUT2D eigenvalue weighted by molar-refractivity contribution is -0.153. The average Bonchev–Trinajstić information content (AvgIpc) is 2.44. The van der Waals surface area contributed by atoms with Gasteiger partial charge in [-0.1, -0.05) is 6.92 Å². The van der Waals surface area contributed by atoms with Crippen molar-refractivity contribution in [1.82, 2.24) is 4.90 Å². The van der Waals surface area contributed by atoms with Crippen LogP contribution in [0.2, 0.25) is 0 Å². The molecule has 1 unspecified atom stereocenters. The molecule has 122 valence electrons. The number of nitrogens with zero attached hydrogens (tertiary/aromatic N) is 1. The molecule has 2 N–H and O–H groups in total. The van der Waals surface area contributed by atoms with Crippen LogP contribution >= 0.6 is 0 Å². The van der Waals surface area contributed by atoms with Crippen LogP contribution in [-0.4, -0.2) is 36.7 Å². The van der Waals surface area contributed by atoms with Crippen LogP contribution in [0, 0.1) is 5.92 Å². The Morgan fingerprint density at radius 2 is 2.18 bits per heavy atom. The maximum absolute atomic E-state index is 12.4. The van der Waals surface area contributed by atoms with E-state index in [4.69, 9.17) is 5.73 Å². The Morgan fingerprint density at radius 1 is 1.45 bits per heavy atom. The van der Waals surface area contributed by atoms with Gasteiger partial charge in [-0.15, -0.1) is 0 Å². The summed E-state index contributed by atoms with van der Waals surface area (Å²) >= 11 is 0. The largest absolute Gasteiger partial charge is 0.482 e. The standard InChI is InChI=1S/C15H19F3N2O2/c1-10-3-2-6-20(8-10)14(21)11-4-5-13(12(19)7-11)22-9-15(16,17)18/h4-5,7,10H,2-3,6,8-9,19H2,1H3. The van der Waals surface area contributed by atoms with Crippen LogP contribution in [0.3, 0.4) is 0 Å². The molecule has 0 saturated carbocycles. The van der Waals surface area contributed by atoms with E-state index in [0.29, 0.717) is 24.6 Å². The first-order valence-electron chi connectivity index (χ1n) is 7.14. The molecule has 1 amide bonds. The normalized spacial score (nSPS) is 19.1. The minimum atomic E-state index is -4.43. The van der Waals surface area contributed by atoms with Gasteiger partial charge in [-0.3, -0.25) is 4.79 Å². The first-order chi connectivity index (χ1) is 10.3. The SMILES string of the molecule is CC1CCCN(C(=O)c2ccc(OCC(F)(F)F)c(N)c2)C1. The number of hydrogen-bond acceptors (Lipinski definition) is 3. The van der Waals surface area contributed by atoms with Gasteiger partial charge in [-0.05, 0) is 37.0 Å². The molecule has 2 rings (SSSR count). The van der Waals surface area contributed by atoms with Crippen molar-refractivity contribution in [1.29, 1.82) is 0 Å². The number of carbonyl (C=O) groups is 1. The number of anilines is 1. The van der Waals surface area contributed by atoms with Crippen molar-refractivity contribution in [2.75, 3.05) is 25.4 Å². The van der Waals surface area contributed by atoms with E-state index in [9.17, 15) is 18.0 Å². The number of likely N-dealkylation sites (tertiary alicyclic amines) is 1. The monoisotopic (exact) mass is 316 g/mol. The molecule has 0 aromatic heterocycles. The lowest BCUT2D eigenvalue weighted by Crippen LogP contribution is -2.39. The van der Waals surface area contributed by atoms with Gasteiger partial charge in [0, 0.05) is 18.7 Å². The number of rotatable bonds is 3. The Balaban J connectivity index is 2.06. The Bertz CT molecular complexity index is 546. The molecule has 0 radical (unpaired) electrons. The molecule has 4 nitrogen and oxygen atoms in total. The third-order valence-electron chi connectivity index (χ3n) is 3.59. The molecular formula is C15H19F3N2O2. The van der Waals surface area contributed by atoms with Crippen LogP contribution in [-0.2, 0) is 0 Å². The van der Waals surface area contributed by atoms with E-state index in [1.54, 1.807) is 4.90 Å². The van der Waals surface area contributed by atoms with Crippen molar-refractivity contribution in [2.24, 2.45) is 5.92 Å². The van der Waals surface area contributed by atoms with E-state index in [-0.39, 0.29) is 17.3 Å². The van der Waals surface area contributed by atoms with Crippen molar-refractivity contribution in [3.05, 3.63) is 23.8 Å². The number of carbonyl (C=O) groups excluding carboxylic acids is 1. The fourth-order valence-electron chi connectivity index (χ4n) is 2.53. The molecule has 1 atom stereocenters. The molecular weight excluding hydrogens is 297 g/mol. The lowest BCUT2D eigenvalue weighted by Gasteiger charge is -2.31. The maximum Gasteiger partial charge on any atom is 0.422 e. The number of amides is 1. The molecule has 1 aromatic carbocycles. The number of hydrogen-bond donors (Lipinski definition) is 1. The van der Waals surface area contributed by atoms with E-state index in [1.807, 2.05) is 0 Å². The van der Waals surface area contributed by atoms with Crippen molar-refractivity contribution in [2.45, 2.75) is 25.9 Å². The van der Waals surface area contributed by atoms with Gasteiger partial charge in [0.2, 0.25) is 0 Å². The molecule has 1 aliphatic rings. The maximum atomic E-state index is 12.4. The summed E-state index contributed by atoms with van der Waals surface area (Å²) in [5.74, 6) is 0.228. The van der Waals surface area contributed by atoms with Crippen LogP contribution in [0.1, 0.15) is 30.1 Å². The molecule has 1 aromatic rings. The highest BCUT2D eigenvalue weighted by atomic mass is 19.4. The number of benzene rings is 1. The zero-order chi connectivity index (χ0) is 16.3. The molecule has 1 fully saturated rings. The van der Waals surface area contributed by atoms with E-state index in [0.717, 1.165) is 12.8 Å². The third kappa shape index (κ3) is 4.29. The molecule has 0 aliphatic carbocycles. The first kappa shape index (κ1) is 16.5. The zero-order valence-corrected chi connectivity index (χ0v) is 12.3. The molecule has 22 heavy (non-hydrogen) atoms. The highest BCUT2D eigenvalue weighted by Gasteiger charge is 2.29. The topological polar surface area (TPSA) is 55.6 Å². The van der Waals surface area contributed by atoms with Crippen molar-refractivity contribution in [3.8, 4) is 5.75 Å². The molecule has 1 saturated heterocycles. The van der Waals surface area contributed by atoms with Gasteiger partial charge in [0.05, 0.1) is 5.69 Å². The second kappa shape index (κ2) is 6.46. The summed E-state index contributed by atoms with van der Waals surface area (Å²) in [5, 5.41) is 0. The molecule has 7 heteroatoms. The molecule has 0 spiro atoms. The number of alkyl halides is 3. The summed E-state index contributed by atoms with van der Waals surface area (Å²) < 4.78 is 41.0. The Morgan fingerprint density at radius 3 is 2.77 bits per heavy atom. The minimum Gasteiger partial charge on any atom is -0.482 e. The van der Waals surface area contributed by atoms with Crippen LogP contribution < -0.4 is 10.5 Å². The number of nitrogen functional groups attached to an aromatic ring is 1. The number of ether oxygens (including phenoxy) is 1. The van der Waals surface area contributed by atoms with Crippen molar-refractivity contribution < 1.29 is 22.7 Å². The second-order valence-electron chi connectivity index (χ2n) is 5.66. The molecule has 1 heterocycles. The van der Waals surface area contributed by atoms with Crippen LogP contribution in [0.15, 0.2) is 18.2 Å². The molecule has 0 bridgehead atoms. The summed E-state index contributed by atoms with van der Waals surface area (Å²) in [6.07, 6.45) is -2.38. The summed E-state index contributed by atoms with van der Waals surface area (Å²) in [5.41, 5.74) is 6.08. The predicted molar refractivity (Wildman–Crippen MR) is 76.7 cm³/mol. The highest BCUT2D eigenvalue weighted by Crippen LogP contribution is 2.26. The highest BCUT2D eigenvalue weighted by molar-refractivity contribution is 5.95. The van der Waals surface area contributed by atoms with E-state index in [2.05, 4.69) is 11.7 Å². The predicted octanol–water partition coefficient (Wildman–Crippen LogP) is 3.08. The smallest absolute Gasteiger partial charge is 0.422 e. The van der Waals surface area contributed by atoms with Gasteiger partial charge in [-0.2, -0.15) is 13.2 Å². The van der Waals surface area contributed by atoms with Gasteiger partial charge in [0.15, 0.2) is 6.61 Å². The van der Waals surface area contributed by atoms with E-state index in [1.165, 1.54) is 18.2 Å². The van der Waals surface area contributed by atoms with E-state index < -0.39 is 12.8 Å². The Kier molecular flexibility index (Phi) is 4.83. The van der Waals surface area contributed by atoms with Crippen LogP contribution in [0.25, 0.3) is 0 Å². The second-order valence-corrected chi connectivity index (χ2v) is 5.66. The summed E-state index contributed by atoms with van der Waals surface area (Å²) in [6.45, 7) is 2.05. The third-order valence-corrected chi connectivity index (χ3v) is 3.59. The Hall–Kier alpha value is -1.92. The average molecular weight is 316 g/mol. The van der Waals surface area contributed by atoms with Gasteiger partial charge in [0.1, 0.15) is 5.75 Å². The van der Waals surface area contributed by atoms with Crippen molar-refractivity contribution >= 4 is 11.6 Å². The fourth-order valence-corrected chi connectivity index (χ4v) is 2.53. The number of piperidine rings is 1. The number of halogens is 3. The fraction of sp³-hybridized carbons (Fsp3) is 0.533. The quantitative estimate of drug-likeness (QED) is 0.872. The summed E-state index contributed by atoms with van der Waals surface area (Å²) in [7, 11) is 0. The minimum absolute atomic E-state index is 0.0279. The van der Waals surface area contributed by atoms with Gasteiger partial charge in [0.25, 0.3) is 5.91 Å². The number of nitrogens with two attached hydrogens (primary N) is 1. The van der Waals surface area contributed by atoms with Crippen molar-refractivity contribution in [3.63, 3.8) is 0 Å². The molecule has 1 aliphatic heterocycles. The van der Waals surface area contributed by atoms with Gasteiger partial charge >= 0.3 is 6.18 Å². The summed E-state index contributed by atoms with van der Waals surface area (Å²) in [6, 6.07) is 4.12.